The molecule has 2 amide bonds. The fraction of sp³-hybridized carbons (Fsp3) is 0.148. The first kappa shape index (κ1) is 25.8. The first-order valence-corrected chi connectivity index (χ1v) is 12.7. The van der Waals surface area contributed by atoms with Gasteiger partial charge in [0, 0.05) is 10.6 Å². The van der Waals surface area contributed by atoms with Crippen molar-refractivity contribution in [1.29, 1.82) is 0 Å². The maximum atomic E-state index is 13.0. The van der Waals surface area contributed by atoms with Gasteiger partial charge in [-0.2, -0.15) is 5.01 Å². The number of carbonyl (C=O) groups is 2. The molecular weight excluding hydrogens is 516 g/mol. The Labute approximate surface area is 224 Å². The Balaban J connectivity index is 1.48. The van der Waals surface area contributed by atoms with E-state index in [1.165, 1.54) is 0 Å². The third kappa shape index (κ3) is 6.26. The Morgan fingerprint density at radius 1 is 1.06 bits per heavy atom. The van der Waals surface area contributed by atoms with E-state index >= 15 is 0 Å². The summed E-state index contributed by atoms with van der Waals surface area (Å²) in [4.78, 5) is 25.9. The van der Waals surface area contributed by atoms with Crippen molar-refractivity contribution in [2.24, 2.45) is 0 Å². The quantitative estimate of drug-likeness (QED) is 0.273. The van der Waals surface area contributed by atoms with Crippen molar-refractivity contribution in [2.75, 3.05) is 6.61 Å². The second-order valence-electron chi connectivity index (χ2n) is 7.88. The first-order chi connectivity index (χ1) is 17.3. The lowest BCUT2D eigenvalue weighted by Gasteiger charge is -2.15. The standard InChI is InChI=1S/C27H23ClN2O4S2/c1-3-33-23-14-19(8-13-22(23)34-16-18-6-11-21(28)12-7-18)15-24-26(32)30(27(35)36-24)29-25(31)20-9-4-17(2)5-10-20/h4-15H,3,16H2,1-2H3,(H,29,31)/b24-15-. The molecule has 1 heterocycles. The normalized spacial score (nSPS) is 14.3. The molecule has 0 radical (unpaired) electrons. The average molecular weight is 539 g/mol. The number of halogens is 1. The van der Waals surface area contributed by atoms with Crippen LogP contribution in [0.1, 0.15) is 34.0 Å². The first-order valence-electron chi connectivity index (χ1n) is 11.1. The molecular formula is C27H23ClN2O4S2. The number of carbonyl (C=O) groups excluding carboxylic acids is 2. The fourth-order valence-electron chi connectivity index (χ4n) is 3.33. The average Bonchev–Trinajstić information content (AvgIpc) is 3.12. The number of nitrogens with one attached hydrogen (secondary N) is 1. The number of hydrogen-bond donors (Lipinski definition) is 1. The summed E-state index contributed by atoms with van der Waals surface area (Å²) < 4.78 is 12.0. The smallest absolute Gasteiger partial charge is 0.285 e. The monoisotopic (exact) mass is 538 g/mol. The summed E-state index contributed by atoms with van der Waals surface area (Å²) in [5, 5.41) is 1.76. The van der Waals surface area contributed by atoms with Crippen molar-refractivity contribution >= 4 is 57.8 Å². The molecule has 0 atom stereocenters. The molecule has 3 aromatic rings. The summed E-state index contributed by atoms with van der Waals surface area (Å²) >= 11 is 12.4. The van der Waals surface area contributed by atoms with Crippen molar-refractivity contribution in [3.05, 3.63) is 98.9 Å². The van der Waals surface area contributed by atoms with Crippen LogP contribution in [0.3, 0.4) is 0 Å². The third-order valence-corrected chi connectivity index (χ3v) is 6.75. The van der Waals surface area contributed by atoms with Crippen molar-refractivity contribution in [3.8, 4) is 11.5 Å². The molecule has 1 aliphatic rings. The van der Waals surface area contributed by atoms with E-state index < -0.39 is 11.8 Å². The van der Waals surface area contributed by atoms with Crippen LogP contribution < -0.4 is 14.9 Å². The van der Waals surface area contributed by atoms with Gasteiger partial charge in [0.15, 0.2) is 15.8 Å². The minimum Gasteiger partial charge on any atom is -0.490 e. The summed E-state index contributed by atoms with van der Waals surface area (Å²) in [5.74, 6) is 0.338. The number of hydrogen-bond acceptors (Lipinski definition) is 6. The highest BCUT2D eigenvalue weighted by molar-refractivity contribution is 8.26. The molecule has 0 saturated carbocycles. The van der Waals surface area contributed by atoms with Gasteiger partial charge in [-0.05, 0) is 79.7 Å². The number of thioether (sulfide) groups is 1. The molecule has 9 heteroatoms. The minimum absolute atomic E-state index is 0.250. The van der Waals surface area contributed by atoms with Gasteiger partial charge >= 0.3 is 0 Å². The number of benzene rings is 3. The number of rotatable bonds is 8. The lowest BCUT2D eigenvalue weighted by molar-refractivity contribution is -0.123. The van der Waals surface area contributed by atoms with Crippen LogP contribution in [0.15, 0.2) is 71.6 Å². The molecule has 36 heavy (non-hydrogen) atoms. The number of thiocarbonyl (C=S) groups is 1. The molecule has 1 fully saturated rings. The fourth-order valence-corrected chi connectivity index (χ4v) is 4.64. The van der Waals surface area contributed by atoms with Gasteiger partial charge in [0.1, 0.15) is 6.61 Å². The van der Waals surface area contributed by atoms with Gasteiger partial charge in [-0.15, -0.1) is 0 Å². The molecule has 6 nitrogen and oxygen atoms in total. The van der Waals surface area contributed by atoms with E-state index in [2.05, 4.69) is 5.43 Å². The lowest BCUT2D eigenvalue weighted by Crippen LogP contribution is -2.44. The van der Waals surface area contributed by atoms with Crippen LogP contribution >= 0.6 is 35.6 Å². The number of hydrazine groups is 1. The molecule has 3 aromatic carbocycles. The zero-order chi connectivity index (χ0) is 25.7. The van der Waals surface area contributed by atoms with Crippen LogP contribution in [0.2, 0.25) is 5.02 Å². The van der Waals surface area contributed by atoms with Crippen molar-refractivity contribution in [2.45, 2.75) is 20.5 Å². The molecule has 0 bridgehead atoms. The van der Waals surface area contributed by atoms with Gasteiger partial charge in [0.2, 0.25) is 0 Å². The van der Waals surface area contributed by atoms with Crippen LogP contribution in [0, 0.1) is 6.92 Å². The maximum absolute atomic E-state index is 13.0. The van der Waals surface area contributed by atoms with Crippen molar-refractivity contribution < 1.29 is 19.1 Å². The molecule has 0 aromatic heterocycles. The van der Waals surface area contributed by atoms with Gasteiger partial charge in [0.25, 0.3) is 11.8 Å². The molecule has 0 spiro atoms. The van der Waals surface area contributed by atoms with Crippen LogP contribution in [0.4, 0.5) is 0 Å². The zero-order valence-corrected chi connectivity index (χ0v) is 22.0. The largest absolute Gasteiger partial charge is 0.490 e. The Kier molecular flexibility index (Phi) is 8.30. The Morgan fingerprint density at radius 3 is 2.47 bits per heavy atom. The summed E-state index contributed by atoms with van der Waals surface area (Å²) in [6.45, 7) is 4.63. The SMILES string of the molecule is CCOc1cc(/C=C2\SC(=S)N(NC(=O)c3ccc(C)cc3)C2=O)ccc1OCc1ccc(Cl)cc1. The highest BCUT2D eigenvalue weighted by atomic mass is 35.5. The van der Waals surface area contributed by atoms with Crippen molar-refractivity contribution in [3.63, 3.8) is 0 Å². The van der Waals surface area contributed by atoms with E-state index in [4.69, 9.17) is 33.3 Å². The van der Waals surface area contributed by atoms with Gasteiger partial charge < -0.3 is 9.47 Å². The predicted molar refractivity (Wildman–Crippen MR) is 147 cm³/mol. The van der Waals surface area contributed by atoms with E-state index in [9.17, 15) is 9.59 Å². The Morgan fingerprint density at radius 2 is 1.78 bits per heavy atom. The van der Waals surface area contributed by atoms with Crippen LogP contribution in [-0.2, 0) is 11.4 Å². The van der Waals surface area contributed by atoms with Crippen LogP contribution in [-0.4, -0.2) is 27.8 Å². The molecule has 1 saturated heterocycles. The molecule has 1 aliphatic heterocycles. The van der Waals surface area contributed by atoms with E-state index in [0.29, 0.717) is 40.2 Å². The highest BCUT2D eigenvalue weighted by Crippen LogP contribution is 2.34. The second kappa shape index (κ2) is 11.6. The van der Waals surface area contributed by atoms with Crippen LogP contribution in [0.25, 0.3) is 6.08 Å². The summed E-state index contributed by atoms with van der Waals surface area (Å²) in [6, 6.07) is 19.9. The van der Waals surface area contributed by atoms with E-state index in [0.717, 1.165) is 33.5 Å². The Hall–Kier alpha value is -3.33. The molecule has 4 rings (SSSR count). The summed E-state index contributed by atoms with van der Waals surface area (Å²) in [5.41, 5.74) is 5.78. The molecule has 0 aliphatic carbocycles. The summed E-state index contributed by atoms with van der Waals surface area (Å²) in [7, 11) is 0. The predicted octanol–water partition coefficient (Wildman–Crippen LogP) is 6.17. The number of ether oxygens (including phenoxy) is 2. The van der Waals surface area contributed by atoms with Gasteiger partial charge in [-0.25, -0.2) is 0 Å². The summed E-state index contributed by atoms with van der Waals surface area (Å²) in [6.07, 6.45) is 1.71. The zero-order valence-electron chi connectivity index (χ0n) is 19.6. The molecule has 1 N–H and O–H groups in total. The second-order valence-corrected chi connectivity index (χ2v) is 9.99. The number of amides is 2. The number of nitrogens with zero attached hydrogens (tertiary/aromatic N) is 1. The van der Waals surface area contributed by atoms with E-state index in [1.807, 2.05) is 56.3 Å². The van der Waals surface area contributed by atoms with Gasteiger partial charge in [-0.3, -0.25) is 15.0 Å². The molecule has 184 valence electrons. The number of aryl methyl sites for hydroxylation is 1. The van der Waals surface area contributed by atoms with Crippen LogP contribution in [0.5, 0.6) is 11.5 Å². The maximum Gasteiger partial charge on any atom is 0.285 e. The Bertz CT molecular complexity index is 1320. The lowest BCUT2D eigenvalue weighted by atomic mass is 10.1. The van der Waals surface area contributed by atoms with Gasteiger partial charge in [-0.1, -0.05) is 59.3 Å². The third-order valence-electron chi connectivity index (χ3n) is 5.19. The minimum atomic E-state index is -0.409. The van der Waals surface area contributed by atoms with Gasteiger partial charge in [0.05, 0.1) is 11.5 Å². The van der Waals surface area contributed by atoms with E-state index in [1.54, 1.807) is 30.3 Å². The molecule has 0 unspecified atom stereocenters. The van der Waals surface area contributed by atoms with E-state index in [-0.39, 0.29) is 4.32 Å². The van der Waals surface area contributed by atoms with Crippen molar-refractivity contribution in [1.82, 2.24) is 10.4 Å². The topological polar surface area (TPSA) is 67.9 Å². The highest BCUT2D eigenvalue weighted by Gasteiger charge is 2.33.